The van der Waals surface area contributed by atoms with E-state index in [9.17, 15) is 0 Å². The van der Waals surface area contributed by atoms with Gasteiger partial charge in [-0.25, -0.2) is 0 Å². The molecular formula is C23H23N3O. The highest BCUT2D eigenvalue weighted by molar-refractivity contribution is 5.85. The fourth-order valence-corrected chi connectivity index (χ4v) is 3.91. The van der Waals surface area contributed by atoms with Crippen LogP contribution < -0.4 is 15.0 Å². The predicted octanol–water partition coefficient (Wildman–Crippen LogP) is 4.44. The van der Waals surface area contributed by atoms with Crippen molar-refractivity contribution >= 4 is 22.1 Å². The summed E-state index contributed by atoms with van der Waals surface area (Å²) in [5.74, 6) is 0.907. The van der Waals surface area contributed by atoms with Gasteiger partial charge in [0.05, 0.1) is 5.69 Å². The second-order valence-electron chi connectivity index (χ2n) is 7.19. The Bertz CT molecular complexity index is 990. The van der Waals surface area contributed by atoms with Gasteiger partial charge in [0.25, 0.3) is 0 Å². The van der Waals surface area contributed by atoms with Gasteiger partial charge in [-0.2, -0.15) is 0 Å². The van der Waals surface area contributed by atoms with Crippen LogP contribution in [0.2, 0.25) is 0 Å². The third kappa shape index (κ3) is 3.36. The van der Waals surface area contributed by atoms with Crippen molar-refractivity contribution in [3.63, 3.8) is 0 Å². The normalized spacial score (nSPS) is 16.7. The van der Waals surface area contributed by atoms with Crippen molar-refractivity contribution in [3.8, 4) is 5.75 Å². The first-order valence-electron chi connectivity index (χ1n) is 9.52. The molecule has 0 spiro atoms. The van der Waals surface area contributed by atoms with Gasteiger partial charge >= 0.3 is 0 Å². The molecule has 5 rings (SSSR count). The zero-order chi connectivity index (χ0) is 18.1. The van der Waals surface area contributed by atoms with E-state index in [1.54, 1.807) is 6.26 Å². The van der Waals surface area contributed by atoms with E-state index < -0.39 is 0 Å². The molecule has 0 radical (unpaired) electrons. The molecule has 0 aliphatic carbocycles. The molecule has 1 fully saturated rings. The quantitative estimate of drug-likeness (QED) is 0.750. The monoisotopic (exact) mass is 357 g/mol. The van der Waals surface area contributed by atoms with E-state index in [4.69, 9.17) is 4.74 Å². The molecule has 2 heterocycles. The first-order valence-corrected chi connectivity index (χ1v) is 9.52. The molecule has 2 aliphatic heterocycles. The van der Waals surface area contributed by atoms with Crippen molar-refractivity contribution in [1.82, 2.24) is 4.90 Å². The minimum absolute atomic E-state index is 0.907. The molecule has 0 unspecified atom stereocenters. The Hall–Kier alpha value is -2.98. The van der Waals surface area contributed by atoms with E-state index in [1.165, 1.54) is 22.0 Å². The molecule has 1 saturated heterocycles. The van der Waals surface area contributed by atoms with Gasteiger partial charge in [-0.15, -0.1) is 0 Å². The molecule has 2 aliphatic rings. The van der Waals surface area contributed by atoms with E-state index in [0.29, 0.717) is 0 Å². The van der Waals surface area contributed by atoms with Gasteiger partial charge in [0, 0.05) is 44.6 Å². The largest absolute Gasteiger partial charge is 0.461 e. The summed E-state index contributed by atoms with van der Waals surface area (Å²) in [6, 6.07) is 21.8. The zero-order valence-electron chi connectivity index (χ0n) is 15.3. The SMILES string of the molecule is C1=COc2cc(CN3CCN(c4ccc5ccccc5c4)CC3)ccc2N1. The summed E-state index contributed by atoms with van der Waals surface area (Å²) in [5, 5.41) is 5.82. The van der Waals surface area contributed by atoms with Crippen LogP contribution in [0.1, 0.15) is 5.56 Å². The summed E-state index contributed by atoms with van der Waals surface area (Å²) in [4.78, 5) is 5.01. The Morgan fingerprint density at radius 2 is 1.70 bits per heavy atom. The molecule has 4 nitrogen and oxygen atoms in total. The van der Waals surface area contributed by atoms with Crippen molar-refractivity contribution in [2.75, 3.05) is 36.4 Å². The molecule has 4 heteroatoms. The number of hydrogen-bond acceptors (Lipinski definition) is 4. The van der Waals surface area contributed by atoms with Gasteiger partial charge in [-0.1, -0.05) is 36.4 Å². The number of ether oxygens (including phenoxy) is 1. The smallest absolute Gasteiger partial charge is 0.150 e. The number of rotatable bonds is 3. The minimum atomic E-state index is 0.907. The Balaban J connectivity index is 1.23. The highest BCUT2D eigenvalue weighted by atomic mass is 16.5. The predicted molar refractivity (Wildman–Crippen MR) is 111 cm³/mol. The maximum atomic E-state index is 5.59. The molecule has 0 atom stereocenters. The van der Waals surface area contributed by atoms with Crippen molar-refractivity contribution < 1.29 is 4.74 Å². The topological polar surface area (TPSA) is 27.7 Å². The zero-order valence-corrected chi connectivity index (χ0v) is 15.3. The highest BCUT2D eigenvalue weighted by Gasteiger charge is 2.18. The van der Waals surface area contributed by atoms with Crippen LogP contribution in [0.3, 0.4) is 0 Å². The van der Waals surface area contributed by atoms with Gasteiger partial charge in [0.2, 0.25) is 0 Å². The molecule has 0 amide bonds. The molecule has 136 valence electrons. The van der Waals surface area contributed by atoms with E-state index >= 15 is 0 Å². The number of nitrogens with one attached hydrogen (secondary N) is 1. The minimum Gasteiger partial charge on any atom is -0.461 e. The highest BCUT2D eigenvalue weighted by Crippen LogP contribution is 2.29. The number of fused-ring (bicyclic) bond motifs is 2. The standard InChI is InChI=1S/C23H23N3O/c1-2-4-20-16-21(7-6-19(20)3-1)26-12-10-25(11-13-26)17-18-5-8-22-23(15-18)27-14-9-24-22/h1-9,14-16,24H,10-13,17H2. The molecular weight excluding hydrogens is 334 g/mol. The first-order chi connectivity index (χ1) is 13.3. The second-order valence-corrected chi connectivity index (χ2v) is 7.19. The molecule has 3 aromatic carbocycles. The Kier molecular flexibility index (Phi) is 4.18. The Morgan fingerprint density at radius 1 is 0.852 bits per heavy atom. The number of benzene rings is 3. The Morgan fingerprint density at radius 3 is 2.59 bits per heavy atom. The number of piperazine rings is 1. The van der Waals surface area contributed by atoms with Crippen LogP contribution in [0.25, 0.3) is 10.8 Å². The number of nitrogens with zero attached hydrogens (tertiary/aromatic N) is 2. The van der Waals surface area contributed by atoms with Gasteiger partial charge < -0.3 is 15.0 Å². The third-order valence-electron chi connectivity index (χ3n) is 5.42. The first kappa shape index (κ1) is 16.2. The van der Waals surface area contributed by atoms with Crippen LogP contribution in [0.5, 0.6) is 5.75 Å². The average Bonchev–Trinajstić information content (AvgIpc) is 2.74. The average molecular weight is 357 g/mol. The van der Waals surface area contributed by atoms with Crippen LogP contribution in [0.4, 0.5) is 11.4 Å². The van der Waals surface area contributed by atoms with Crippen molar-refractivity contribution in [1.29, 1.82) is 0 Å². The van der Waals surface area contributed by atoms with Crippen molar-refractivity contribution in [2.24, 2.45) is 0 Å². The Labute approximate surface area is 159 Å². The fourth-order valence-electron chi connectivity index (χ4n) is 3.91. The van der Waals surface area contributed by atoms with Crippen LogP contribution in [-0.2, 0) is 6.54 Å². The van der Waals surface area contributed by atoms with Gasteiger partial charge in [-0.05, 0) is 40.6 Å². The molecule has 27 heavy (non-hydrogen) atoms. The van der Waals surface area contributed by atoms with Crippen LogP contribution in [-0.4, -0.2) is 31.1 Å². The summed E-state index contributed by atoms with van der Waals surface area (Å²) in [7, 11) is 0. The summed E-state index contributed by atoms with van der Waals surface area (Å²) >= 11 is 0. The van der Waals surface area contributed by atoms with Gasteiger partial charge in [0.1, 0.15) is 12.0 Å². The molecule has 0 bridgehead atoms. The summed E-state index contributed by atoms with van der Waals surface area (Å²) in [6.07, 6.45) is 3.50. The maximum Gasteiger partial charge on any atom is 0.150 e. The number of anilines is 2. The molecule has 1 N–H and O–H groups in total. The number of hydrogen-bond donors (Lipinski definition) is 1. The van der Waals surface area contributed by atoms with Crippen LogP contribution >= 0.6 is 0 Å². The maximum absolute atomic E-state index is 5.59. The van der Waals surface area contributed by atoms with E-state index in [0.717, 1.165) is 44.2 Å². The van der Waals surface area contributed by atoms with Gasteiger partial charge in [-0.3, -0.25) is 4.90 Å². The molecule has 0 saturated carbocycles. The van der Waals surface area contributed by atoms with Crippen molar-refractivity contribution in [3.05, 3.63) is 78.7 Å². The lowest BCUT2D eigenvalue weighted by Gasteiger charge is -2.36. The van der Waals surface area contributed by atoms with Crippen LogP contribution in [0, 0.1) is 0 Å². The lowest BCUT2D eigenvalue weighted by atomic mass is 10.1. The lowest BCUT2D eigenvalue weighted by Crippen LogP contribution is -2.45. The fraction of sp³-hybridized carbons (Fsp3) is 0.217. The third-order valence-corrected chi connectivity index (χ3v) is 5.42. The second kappa shape index (κ2) is 6.97. The molecule has 3 aromatic rings. The van der Waals surface area contributed by atoms with Crippen molar-refractivity contribution in [2.45, 2.75) is 6.54 Å². The van der Waals surface area contributed by atoms with E-state index in [2.05, 4.69) is 75.8 Å². The van der Waals surface area contributed by atoms with E-state index in [-0.39, 0.29) is 0 Å². The summed E-state index contributed by atoms with van der Waals surface area (Å²) in [5.41, 5.74) is 3.65. The molecule has 0 aromatic heterocycles. The summed E-state index contributed by atoms with van der Waals surface area (Å²) in [6.45, 7) is 5.23. The lowest BCUT2D eigenvalue weighted by molar-refractivity contribution is 0.249. The van der Waals surface area contributed by atoms with Gasteiger partial charge in [0.15, 0.2) is 0 Å². The van der Waals surface area contributed by atoms with Crippen LogP contribution in [0.15, 0.2) is 73.1 Å². The summed E-state index contributed by atoms with van der Waals surface area (Å²) < 4.78 is 5.59. The van der Waals surface area contributed by atoms with E-state index in [1.807, 2.05) is 6.20 Å².